The zero-order valence-corrected chi connectivity index (χ0v) is 14.4. The molecule has 1 aliphatic rings. The predicted molar refractivity (Wildman–Crippen MR) is 91.2 cm³/mol. The molecule has 2 heterocycles. The molecule has 1 aromatic rings. The zero-order chi connectivity index (χ0) is 17.5. The van der Waals surface area contributed by atoms with Crippen molar-refractivity contribution < 1.29 is 14.3 Å². The second kappa shape index (κ2) is 8.37. The van der Waals surface area contributed by atoms with Gasteiger partial charge in [0.15, 0.2) is 0 Å². The highest BCUT2D eigenvalue weighted by molar-refractivity contribution is 5.88. The Hall–Kier alpha value is -2.51. The van der Waals surface area contributed by atoms with Crippen LogP contribution in [-0.2, 0) is 0 Å². The van der Waals surface area contributed by atoms with E-state index in [-0.39, 0.29) is 18.2 Å². The Kier molecular flexibility index (Phi) is 6.22. The Labute approximate surface area is 142 Å². The van der Waals surface area contributed by atoms with Crippen LogP contribution in [0.3, 0.4) is 0 Å². The van der Waals surface area contributed by atoms with Gasteiger partial charge in [0.05, 0.1) is 11.9 Å². The number of rotatable bonds is 4. The molecule has 0 spiro atoms. The Bertz CT molecular complexity index is 553. The average Bonchev–Trinajstić information content (AvgIpc) is 2.57. The molecule has 1 aromatic heterocycles. The van der Waals surface area contributed by atoms with Crippen LogP contribution in [-0.4, -0.2) is 66.7 Å². The number of amides is 4. The van der Waals surface area contributed by atoms with E-state index in [0.717, 1.165) is 12.8 Å². The highest BCUT2D eigenvalue weighted by Gasteiger charge is 2.23. The largest absolute Gasteiger partial charge is 0.474 e. The molecule has 4 amide bonds. The molecule has 0 atom stereocenters. The summed E-state index contributed by atoms with van der Waals surface area (Å²) in [6, 6.07) is 3.27. The quantitative estimate of drug-likeness (QED) is 0.877. The SMILES string of the molecule is CCNC(=O)N1CCC(Oc2ccc(NC(=O)N(C)C)cn2)CC1. The zero-order valence-electron chi connectivity index (χ0n) is 14.4. The third kappa shape index (κ3) is 5.00. The molecule has 8 heteroatoms. The number of carbonyl (C=O) groups is 2. The molecule has 24 heavy (non-hydrogen) atoms. The highest BCUT2D eigenvalue weighted by atomic mass is 16.5. The van der Waals surface area contributed by atoms with E-state index in [0.29, 0.717) is 31.2 Å². The number of pyridine rings is 1. The van der Waals surface area contributed by atoms with Gasteiger partial charge < -0.3 is 25.2 Å². The lowest BCUT2D eigenvalue weighted by molar-refractivity contribution is 0.107. The monoisotopic (exact) mass is 335 g/mol. The molecule has 2 N–H and O–H groups in total. The summed E-state index contributed by atoms with van der Waals surface area (Å²) in [5, 5.41) is 5.53. The fourth-order valence-corrected chi connectivity index (χ4v) is 2.37. The van der Waals surface area contributed by atoms with Crippen molar-refractivity contribution in [2.45, 2.75) is 25.9 Å². The van der Waals surface area contributed by atoms with Crippen molar-refractivity contribution >= 4 is 17.7 Å². The Balaban J connectivity index is 1.80. The molecular formula is C16H25N5O3. The van der Waals surface area contributed by atoms with Gasteiger partial charge in [-0.1, -0.05) is 0 Å². The number of hydrogen-bond donors (Lipinski definition) is 2. The summed E-state index contributed by atoms with van der Waals surface area (Å²) in [6.45, 7) is 3.89. The van der Waals surface area contributed by atoms with Crippen LogP contribution in [0, 0.1) is 0 Å². The number of nitrogens with one attached hydrogen (secondary N) is 2. The highest BCUT2D eigenvalue weighted by Crippen LogP contribution is 2.18. The smallest absolute Gasteiger partial charge is 0.321 e. The standard InChI is InChI=1S/C16H25N5O3/c1-4-17-15(22)21-9-7-13(8-10-21)24-14-6-5-12(11-18-14)19-16(23)20(2)3/h5-6,11,13H,4,7-10H2,1-3H3,(H,17,22)(H,19,23). The lowest BCUT2D eigenvalue weighted by atomic mass is 10.1. The minimum Gasteiger partial charge on any atom is -0.474 e. The van der Waals surface area contributed by atoms with Crippen LogP contribution in [0.1, 0.15) is 19.8 Å². The summed E-state index contributed by atoms with van der Waals surface area (Å²) in [6.07, 6.45) is 3.17. The summed E-state index contributed by atoms with van der Waals surface area (Å²) in [4.78, 5) is 30.8. The fourth-order valence-electron chi connectivity index (χ4n) is 2.37. The summed E-state index contributed by atoms with van der Waals surface area (Å²) in [5.41, 5.74) is 0.618. The van der Waals surface area contributed by atoms with Crippen molar-refractivity contribution in [2.75, 3.05) is 39.0 Å². The maximum atomic E-state index is 11.8. The molecule has 8 nitrogen and oxygen atoms in total. The van der Waals surface area contributed by atoms with Gasteiger partial charge in [0.1, 0.15) is 6.10 Å². The molecule has 0 unspecified atom stereocenters. The van der Waals surface area contributed by atoms with Gasteiger partial charge in [-0.3, -0.25) is 0 Å². The number of hydrogen-bond acceptors (Lipinski definition) is 4. The molecule has 132 valence electrons. The first-order valence-electron chi connectivity index (χ1n) is 8.13. The van der Waals surface area contributed by atoms with Crippen LogP contribution in [0.2, 0.25) is 0 Å². The van der Waals surface area contributed by atoms with E-state index in [2.05, 4.69) is 15.6 Å². The van der Waals surface area contributed by atoms with Gasteiger partial charge in [-0.05, 0) is 13.0 Å². The van der Waals surface area contributed by atoms with Crippen molar-refractivity contribution in [3.63, 3.8) is 0 Å². The molecular weight excluding hydrogens is 310 g/mol. The van der Waals surface area contributed by atoms with E-state index in [1.807, 2.05) is 6.92 Å². The van der Waals surface area contributed by atoms with Crippen molar-refractivity contribution in [1.29, 1.82) is 0 Å². The second-order valence-electron chi connectivity index (χ2n) is 5.85. The summed E-state index contributed by atoms with van der Waals surface area (Å²) in [7, 11) is 3.35. The first-order valence-corrected chi connectivity index (χ1v) is 8.13. The van der Waals surface area contributed by atoms with Gasteiger partial charge >= 0.3 is 12.1 Å². The van der Waals surface area contributed by atoms with Crippen molar-refractivity contribution in [2.24, 2.45) is 0 Å². The molecule has 2 rings (SSSR count). The van der Waals surface area contributed by atoms with E-state index >= 15 is 0 Å². The number of nitrogens with zero attached hydrogens (tertiary/aromatic N) is 3. The van der Waals surface area contributed by atoms with E-state index in [9.17, 15) is 9.59 Å². The third-order valence-corrected chi connectivity index (χ3v) is 3.74. The van der Waals surface area contributed by atoms with E-state index in [1.54, 1.807) is 37.3 Å². The van der Waals surface area contributed by atoms with E-state index in [4.69, 9.17) is 4.74 Å². The normalized spacial score (nSPS) is 14.9. The lowest BCUT2D eigenvalue weighted by Gasteiger charge is -2.31. The van der Waals surface area contributed by atoms with Crippen molar-refractivity contribution in [3.05, 3.63) is 18.3 Å². The van der Waals surface area contributed by atoms with Gasteiger partial charge in [0.2, 0.25) is 5.88 Å². The first-order chi connectivity index (χ1) is 11.5. The molecule has 0 saturated carbocycles. The minimum atomic E-state index is -0.205. The molecule has 1 saturated heterocycles. The summed E-state index contributed by atoms with van der Waals surface area (Å²) >= 11 is 0. The Morgan fingerprint density at radius 3 is 2.58 bits per heavy atom. The number of likely N-dealkylation sites (tertiary alicyclic amines) is 1. The van der Waals surface area contributed by atoms with Gasteiger partial charge in [-0.2, -0.15) is 0 Å². The number of urea groups is 2. The van der Waals surface area contributed by atoms with Crippen molar-refractivity contribution in [3.8, 4) is 5.88 Å². The van der Waals surface area contributed by atoms with Gasteiger partial charge in [0.25, 0.3) is 0 Å². The second-order valence-corrected chi connectivity index (χ2v) is 5.85. The molecule has 0 bridgehead atoms. The fraction of sp³-hybridized carbons (Fsp3) is 0.562. The molecule has 0 aromatic carbocycles. The number of anilines is 1. The number of piperidine rings is 1. The number of ether oxygens (including phenoxy) is 1. The first kappa shape index (κ1) is 17.8. The number of carbonyl (C=O) groups excluding carboxylic acids is 2. The molecule has 1 aliphatic heterocycles. The maximum Gasteiger partial charge on any atom is 0.321 e. The summed E-state index contributed by atoms with van der Waals surface area (Å²) < 4.78 is 5.86. The van der Waals surface area contributed by atoms with Crippen LogP contribution in [0.4, 0.5) is 15.3 Å². The van der Waals surface area contributed by atoms with E-state index < -0.39 is 0 Å². The molecule has 1 fully saturated rings. The Morgan fingerprint density at radius 1 is 1.33 bits per heavy atom. The van der Waals surface area contributed by atoms with Crippen LogP contribution >= 0.6 is 0 Å². The molecule has 0 radical (unpaired) electrons. The van der Waals surface area contributed by atoms with Gasteiger partial charge in [-0.25, -0.2) is 14.6 Å². The number of aromatic nitrogens is 1. The minimum absolute atomic E-state index is 0.0185. The van der Waals surface area contributed by atoms with Crippen LogP contribution in [0.5, 0.6) is 5.88 Å². The van der Waals surface area contributed by atoms with Crippen LogP contribution in [0.15, 0.2) is 18.3 Å². The third-order valence-electron chi connectivity index (χ3n) is 3.74. The van der Waals surface area contributed by atoms with Crippen molar-refractivity contribution in [1.82, 2.24) is 20.1 Å². The van der Waals surface area contributed by atoms with E-state index in [1.165, 1.54) is 4.90 Å². The average molecular weight is 335 g/mol. The van der Waals surface area contributed by atoms with Gasteiger partial charge in [0, 0.05) is 52.6 Å². The lowest BCUT2D eigenvalue weighted by Crippen LogP contribution is -2.46. The predicted octanol–water partition coefficient (Wildman–Crippen LogP) is 1.75. The molecule has 0 aliphatic carbocycles. The Morgan fingerprint density at radius 2 is 2.04 bits per heavy atom. The van der Waals surface area contributed by atoms with Crippen LogP contribution in [0.25, 0.3) is 0 Å². The van der Waals surface area contributed by atoms with Crippen LogP contribution < -0.4 is 15.4 Å². The topological polar surface area (TPSA) is 86.8 Å². The maximum absolute atomic E-state index is 11.8. The van der Waals surface area contributed by atoms with Gasteiger partial charge in [-0.15, -0.1) is 0 Å². The summed E-state index contributed by atoms with van der Waals surface area (Å²) in [5.74, 6) is 0.523.